The Morgan fingerprint density at radius 2 is 2.11 bits per heavy atom. The monoisotopic (exact) mass is 367 g/mol. The first kappa shape index (κ1) is 17.6. The van der Waals surface area contributed by atoms with Crippen molar-refractivity contribution in [3.05, 3.63) is 48.0 Å². The summed E-state index contributed by atoms with van der Waals surface area (Å²) in [6.45, 7) is 1.41. The highest BCUT2D eigenvalue weighted by Gasteiger charge is 2.29. The molecule has 7 heteroatoms. The first-order chi connectivity index (χ1) is 12.9. The lowest BCUT2D eigenvalue weighted by Gasteiger charge is -2.21. The summed E-state index contributed by atoms with van der Waals surface area (Å²) in [4.78, 5) is 21.8. The number of pyridine rings is 1. The van der Waals surface area contributed by atoms with Gasteiger partial charge in [0, 0.05) is 49.4 Å². The van der Waals surface area contributed by atoms with Crippen LogP contribution in [0.5, 0.6) is 0 Å². The van der Waals surface area contributed by atoms with Gasteiger partial charge < -0.3 is 9.80 Å². The second-order valence-electron chi connectivity index (χ2n) is 7.28. The fourth-order valence-electron chi connectivity index (χ4n) is 3.60. The van der Waals surface area contributed by atoms with Crippen LogP contribution < -0.4 is 0 Å². The van der Waals surface area contributed by atoms with Gasteiger partial charge in [0.15, 0.2) is 0 Å². The van der Waals surface area contributed by atoms with E-state index < -0.39 is 0 Å². The number of hydrogen-bond donors (Lipinski definition) is 0. The Balaban J connectivity index is 1.80. The molecule has 1 aliphatic rings. The van der Waals surface area contributed by atoms with Crippen LogP contribution in [0.2, 0.25) is 0 Å². The van der Waals surface area contributed by atoms with Gasteiger partial charge in [-0.05, 0) is 38.7 Å². The molecule has 1 aliphatic heterocycles. The van der Waals surface area contributed by atoms with E-state index in [2.05, 4.69) is 15.0 Å². The minimum Gasteiger partial charge on any atom is -0.337 e. The van der Waals surface area contributed by atoms with Crippen molar-refractivity contribution >= 4 is 16.8 Å². The molecule has 0 radical (unpaired) electrons. The molecule has 4 rings (SSSR count). The molecular formula is C20H22FN5O. The van der Waals surface area contributed by atoms with Crippen molar-refractivity contribution in [3.63, 3.8) is 0 Å². The van der Waals surface area contributed by atoms with Crippen molar-refractivity contribution < 1.29 is 9.18 Å². The van der Waals surface area contributed by atoms with Gasteiger partial charge in [-0.2, -0.15) is 5.10 Å². The van der Waals surface area contributed by atoms with Gasteiger partial charge >= 0.3 is 0 Å². The molecule has 27 heavy (non-hydrogen) atoms. The number of nitrogens with zero attached hydrogens (tertiary/aromatic N) is 5. The molecule has 0 aliphatic carbocycles. The number of carbonyl (C=O) groups is 1. The topological polar surface area (TPSA) is 54.3 Å². The lowest BCUT2D eigenvalue weighted by molar-refractivity contribution is 0.0785. The molecule has 3 aromatic rings. The molecule has 1 amide bonds. The standard InChI is InChI=1S/C20H22FN5O/c1-24(2)15-6-7-26(12-15)20(27)17-9-18(13-10-22-25(3)11-13)23-19-8-14(21)4-5-16(17)19/h4-5,8-11,15H,6-7,12H2,1-3H3. The average Bonchev–Trinajstić information content (AvgIpc) is 3.29. The third-order valence-corrected chi connectivity index (χ3v) is 5.18. The Hall–Kier alpha value is -2.80. The number of halogens is 1. The zero-order valence-electron chi connectivity index (χ0n) is 15.7. The van der Waals surface area contributed by atoms with Crippen LogP contribution in [0.1, 0.15) is 16.8 Å². The normalized spacial score (nSPS) is 17.2. The first-order valence-electron chi connectivity index (χ1n) is 8.97. The van der Waals surface area contributed by atoms with Crippen LogP contribution in [0.3, 0.4) is 0 Å². The maximum absolute atomic E-state index is 13.8. The Bertz CT molecular complexity index is 1010. The Kier molecular flexibility index (Phi) is 4.39. The largest absolute Gasteiger partial charge is 0.337 e. The van der Waals surface area contributed by atoms with Crippen LogP contribution >= 0.6 is 0 Å². The fourth-order valence-corrected chi connectivity index (χ4v) is 3.60. The number of rotatable bonds is 3. The van der Waals surface area contributed by atoms with Gasteiger partial charge in [0.1, 0.15) is 5.82 Å². The third-order valence-electron chi connectivity index (χ3n) is 5.18. The Morgan fingerprint density at radius 3 is 2.78 bits per heavy atom. The second-order valence-corrected chi connectivity index (χ2v) is 7.28. The summed E-state index contributed by atoms with van der Waals surface area (Å²) < 4.78 is 15.5. The molecule has 1 aromatic carbocycles. The lowest BCUT2D eigenvalue weighted by atomic mass is 10.0. The number of aryl methyl sites for hydroxylation is 1. The van der Waals surface area contributed by atoms with E-state index in [1.807, 2.05) is 32.2 Å². The predicted molar refractivity (Wildman–Crippen MR) is 102 cm³/mol. The summed E-state index contributed by atoms with van der Waals surface area (Å²) in [7, 11) is 5.88. The molecule has 1 unspecified atom stereocenters. The van der Waals surface area contributed by atoms with Crippen LogP contribution in [0, 0.1) is 5.82 Å². The van der Waals surface area contributed by atoms with Gasteiger partial charge in [-0.15, -0.1) is 0 Å². The number of benzene rings is 1. The van der Waals surface area contributed by atoms with Gasteiger partial charge in [0.2, 0.25) is 0 Å². The van der Waals surface area contributed by atoms with E-state index in [9.17, 15) is 9.18 Å². The van der Waals surface area contributed by atoms with Crippen LogP contribution in [0.15, 0.2) is 36.7 Å². The van der Waals surface area contributed by atoms with Crippen LogP contribution in [0.25, 0.3) is 22.2 Å². The van der Waals surface area contributed by atoms with E-state index in [4.69, 9.17) is 0 Å². The molecular weight excluding hydrogens is 345 g/mol. The molecule has 1 saturated heterocycles. The smallest absolute Gasteiger partial charge is 0.254 e. The van der Waals surface area contributed by atoms with E-state index >= 15 is 0 Å². The number of fused-ring (bicyclic) bond motifs is 1. The zero-order valence-corrected chi connectivity index (χ0v) is 15.7. The summed E-state index contributed by atoms with van der Waals surface area (Å²) in [5.74, 6) is -0.408. The Morgan fingerprint density at radius 1 is 1.30 bits per heavy atom. The molecule has 140 valence electrons. The van der Waals surface area contributed by atoms with Crippen molar-refractivity contribution in [1.82, 2.24) is 24.6 Å². The highest BCUT2D eigenvalue weighted by Crippen LogP contribution is 2.27. The zero-order chi connectivity index (χ0) is 19.1. The summed E-state index contributed by atoms with van der Waals surface area (Å²) in [5.41, 5.74) is 2.44. The maximum Gasteiger partial charge on any atom is 0.254 e. The predicted octanol–water partition coefficient (Wildman–Crippen LogP) is 2.55. The SMILES string of the molecule is CN(C)C1CCN(C(=O)c2cc(-c3cnn(C)c3)nc3cc(F)ccc23)C1. The van der Waals surface area contributed by atoms with Crippen molar-refractivity contribution in [2.75, 3.05) is 27.2 Å². The highest BCUT2D eigenvalue weighted by molar-refractivity contribution is 6.07. The molecule has 6 nitrogen and oxygen atoms in total. The van der Waals surface area contributed by atoms with E-state index in [-0.39, 0.29) is 11.7 Å². The quantitative estimate of drug-likeness (QED) is 0.714. The van der Waals surface area contributed by atoms with Gasteiger partial charge in [-0.25, -0.2) is 9.37 Å². The van der Waals surface area contributed by atoms with Gasteiger partial charge in [-0.1, -0.05) is 0 Å². The van der Waals surface area contributed by atoms with Crippen LogP contribution in [-0.2, 0) is 7.05 Å². The second kappa shape index (κ2) is 6.74. The number of aromatic nitrogens is 3. The van der Waals surface area contributed by atoms with Crippen LogP contribution in [-0.4, -0.2) is 63.7 Å². The minimum absolute atomic E-state index is 0.0384. The molecule has 0 spiro atoms. The minimum atomic E-state index is -0.370. The molecule has 0 bridgehead atoms. The van der Waals surface area contributed by atoms with E-state index in [1.54, 1.807) is 23.0 Å². The summed E-state index contributed by atoms with van der Waals surface area (Å²) in [6.07, 6.45) is 4.48. The molecule has 0 N–H and O–H groups in total. The number of likely N-dealkylation sites (tertiary alicyclic amines) is 1. The van der Waals surface area contributed by atoms with Crippen molar-refractivity contribution in [1.29, 1.82) is 0 Å². The number of likely N-dealkylation sites (N-methyl/N-ethyl adjacent to an activating group) is 1. The van der Waals surface area contributed by atoms with Gasteiger partial charge in [0.05, 0.1) is 23.0 Å². The van der Waals surface area contributed by atoms with Gasteiger partial charge in [-0.3, -0.25) is 9.48 Å². The van der Waals surface area contributed by atoms with Crippen molar-refractivity contribution in [2.24, 2.45) is 7.05 Å². The maximum atomic E-state index is 13.8. The summed E-state index contributed by atoms with van der Waals surface area (Å²) in [6, 6.07) is 6.53. The van der Waals surface area contributed by atoms with Crippen molar-refractivity contribution in [2.45, 2.75) is 12.5 Å². The van der Waals surface area contributed by atoms with Gasteiger partial charge in [0.25, 0.3) is 5.91 Å². The van der Waals surface area contributed by atoms with E-state index in [0.29, 0.717) is 34.7 Å². The van der Waals surface area contributed by atoms with E-state index in [1.165, 1.54) is 12.1 Å². The molecule has 3 heterocycles. The number of amides is 1. The number of hydrogen-bond acceptors (Lipinski definition) is 4. The highest BCUT2D eigenvalue weighted by atomic mass is 19.1. The molecule has 2 aromatic heterocycles. The van der Waals surface area contributed by atoms with Crippen molar-refractivity contribution in [3.8, 4) is 11.3 Å². The van der Waals surface area contributed by atoms with Crippen LogP contribution in [0.4, 0.5) is 4.39 Å². The van der Waals surface area contributed by atoms with E-state index in [0.717, 1.165) is 18.5 Å². The Labute approximate surface area is 157 Å². The molecule has 1 atom stereocenters. The number of carbonyl (C=O) groups excluding carboxylic acids is 1. The summed E-state index contributed by atoms with van der Waals surface area (Å²) >= 11 is 0. The average molecular weight is 367 g/mol. The first-order valence-corrected chi connectivity index (χ1v) is 8.97. The molecule has 1 fully saturated rings. The lowest BCUT2D eigenvalue weighted by Crippen LogP contribution is -2.34. The fraction of sp³-hybridized carbons (Fsp3) is 0.350. The third kappa shape index (κ3) is 3.30. The molecule has 0 saturated carbocycles. The summed E-state index contributed by atoms with van der Waals surface area (Å²) in [5, 5.41) is 4.84.